The molecule has 1 amide bonds. The van der Waals surface area contributed by atoms with Crippen LogP contribution in [-0.4, -0.2) is 49.6 Å². The lowest BCUT2D eigenvalue weighted by Crippen LogP contribution is -2.45. The molecule has 2 aliphatic rings. The Kier molecular flexibility index (Phi) is 5.45. The molecule has 0 bridgehead atoms. The summed E-state index contributed by atoms with van der Waals surface area (Å²) in [6.07, 6.45) is 5.72. The lowest BCUT2D eigenvalue weighted by Gasteiger charge is -2.29. The highest BCUT2D eigenvalue weighted by atomic mass is 16.1. The van der Waals surface area contributed by atoms with E-state index in [0.717, 1.165) is 19.6 Å². The first-order chi connectivity index (χ1) is 8.75. The molecule has 0 aromatic rings. The van der Waals surface area contributed by atoms with E-state index in [1.807, 2.05) is 0 Å². The van der Waals surface area contributed by atoms with Crippen molar-refractivity contribution in [3.8, 4) is 0 Å². The quantitative estimate of drug-likeness (QED) is 0.767. The number of carbonyl (C=O) groups excluding carboxylic acids is 1. The molecule has 2 rings (SSSR count). The molecular weight excluding hydrogens is 226 g/mol. The molecule has 2 unspecified atom stereocenters. The van der Waals surface area contributed by atoms with Crippen LogP contribution in [0.15, 0.2) is 0 Å². The predicted octanol–water partition coefficient (Wildman–Crippen LogP) is 0.977. The summed E-state index contributed by atoms with van der Waals surface area (Å²) in [7, 11) is 0. The van der Waals surface area contributed by atoms with E-state index in [1.165, 1.54) is 38.8 Å². The highest BCUT2D eigenvalue weighted by molar-refractivity contribution is 5.76. The maximum atomic E-state index is 11.9. The van der Waals surface area contributed by atoms with Gasteiger partial charge in [0.2, 0.25) is 5.91 Å². The van der Waals surface area contributed by atoms with Crippen LogP contribution >= 0.6 is 0 Å². The van der Waals surface area contributed by atoms with Gasteiger partial charge in [-0.1, -0.05) is 0 Å². The second-order valence-corrected chi connectivity index (χ2v) is 5.76. The molecule has 4 heteroatoms. The van der Waals surface area contributed by atoms with Crippen molar-refractivity contribution in [2.75, 3.05) is 32.7 Å². The van der Waals surface area contributed by atoms with Gasteiger partial charge in [-0.2, -0.15) is 0 Å². The van der Waals surface area contributed by atoms with Crippen LogP contribution in [0.25, 0.3) is 0 Å². The zero-order valence-electron chi connectivity index (χ0n) is 11.6. The Morgan fingerprint density at radius 1 is 1.39 bits per heavy atom. The van der Waals surface area contributed by atoms with Gasteiger partial charge < -0.3 is 15.5 Å². The third-order valence-corrected chi connectivity index (χ3v) is 4.28. The lowest BCUT2D eigenvalue weighted by atomic mass is 9.93. The largest absolute Gasteiger partial charge is 0.353 e. The van der Waals surface area contributed by atoms with Gasteiger partial charge in [-0.3, -0.25) is 4.79 Å². The minimum absolute atomic E-state index is 0.222. The number of rotatable bonds is 5. The zero-order chi connectivity index (χ0) is 12.8. The summed E-state index contributed by atoms with van der Waals surface area (Å²) in [6, 6.07) is 0.309. The number of piperidine rings is 1. The molecule has 2 fully saturated rings. The van der Waals surface area contributed by atoms with E-state index in [0.29, 0.717) is 18.4 Å². The van der Waals surface area contributed by atoms with Gasteiger partial charge in [0.1, 0.15) is 0 Å². The average molecular weight is 253 g/mol. The van der Waals surface area contributed by atoms with Gasteiger partial charge in [0, 0.05) is 19.0 Å². The van der Waals surface area contributed by atoms with Gasteiger partial charge in [-0.15, -0.1) is 0 Å². The van der Waals surface area contributed by atoms with Gasteiger partial charge in [-0.25, -0.2) is 0 Å². The Hall–Kier alpha value is -0.610. The van der Waals surface area contributed by atoms with E-state index < -0.39 is 0 Å². The molecule has 18 heavy (non-hydrogen) atoms. The van der Waals surface area contributed by atoms with Crippen LogP contribution in [0.4, 0.5) is 0 Å². The first-order valence-corrected chi connectivity index (χ1v) is 7.48. The van der Waals surface area contributed by atoms with Crippen molar-refractivity contribution in [3.63, 3.8) is 0 Å². The molecule has 2 N–H and O–H groups in total. The normalized spacial score (nSPS) is 27.1. The van der Waals surface area contributed by atoms with Crippen molar-refractivity contribution in [2.24, 2.45) is 5.92 Å². The van der Waals surface area contributed by atoms with Crippen LogP contribution in [0.5, 0.6) is 0 Å². The maximum Gasteiger partial charge on any atom is 0.221 e. The number of amides is 1. The molecule has 0 aliphatic carbocycles. The molecule has 0 saturated carbocycles. The number of hydrogen-bond acceptors (Lipinski definition) is 3. The monoisotopic (exact) mass is 253 g/mol. The van der Waals surface area contributed by atoms with Gasteiger partial charge in [0.15, 0.2) is 0 Å². The third-order valence-electron chi connectivity index (χ3n) is 4.28. The topological polar surface area (TPSA) is 44.4 Å². The predicted molar refractivity (Wildman–Crippen MR) is 73.5 cm³/mol. The summed E-state index contributed by atoms with van der Waals surface area (Å²) in [4.78, 5) is 14.3. The molecule has 104 valence electrons. The fraction of sp³-hybridized carbons (Fsp3) is 0.929. The summed E-state index contributed by atoms with van der Waals surface area (Å²) >= 11 is 0. The molecule has 0 aromatic heterocycles. The summed E-state index contributed by atoms with van der Waals surface area (Å²) < 4.78 is 0. The highest BCUT2D eigenvalue weighted by Gasteiger charge is 2.21. The Balaban J connectivity index is 1.62. The number of hydrogen-bond donors (Lipinski definition) is 2. The smallest absolute Gasteiger partial charge is 0.221 e. The number of carbonyl (C=O) groups is 1. The Morgan fingerprint density at radius 3 is 2.83 bits per heavy atom. The minimum atomic E-state index is 0.222. The van der Waals surface area contributed by atoms with Crippen LogP contribution in [-0.2, 0) is 4.79 Å². The highest BCUT2D eigenvalue weighted by Crippen LogP contribution is 2.14. The van der Waals surface area contributed by atoms with Crippen molar-refractivity contribution in [1.82, 2.24) is 15.5 Å². The average Bonchev–Trinajstić information content (AvgIpc) is 2.90. The first-order valence-electron chi connectivity index (χ1n) is 7.48. The van der Waals surface area contributed by atoms with Crippen molar-refractivity contribution < 1.29 is 4.79 Å². The zero-order valence-corrected chi connectivity index (χ0v) is 11.6. The first kappa shape index (κ1) is 13.8. The molecule has 4 nitrogen and oxygen atoms in total. The molecule has 2 aliphatic heterocycles. The number of nitrogens with one attached hydrogen (secondary N) is 2. The van der Waals surface area contributed by atoms with Gasteiger partial charge in [0.25, 0.3) is 0 Å². The van der Waals surface area contributed by atoms with Crippen LogP contribution in [0.2, 0.25) is 0 Å². The second-order valence-electron chi connectivity index (χ2n) is 5.76. The van der Waals surface area contributed by atoms with Crippen LogP contribution in [0.1, 0.15) is 39.0 Å². The van der Waals surface area contributed by atoms with E-state index in [9.17, 15) is 4.79 Å². The fourth-order valence-electron chi connectivity index (χ4n) is 3.02. The number of likely N-dealkylation sites (tertiary alicyclic amines) is 1. The van der Waals surface area contributed by atoms with Crippen LogP contribution in [0.3, 0.4) is 0 Å². The van der Waals surface area contributed by atoms with Gasteiger partial charge >= 0.3 is 0 Å². The molecule has 2 heterocycles. The van der Waals surface area contributed by atoms with Crippen molar-refractivity contribution in [1.29, 1.82) is 0 Å². The Labute approximate surface area is 110 Å². The van der Waals surface area contributed by atoms with E-state index in [1.54, 1.807) is 0 Å². The van der Waals surface area contributed by atoms with E-state index in [4.69, 9.17) is 0 Å². The number of nitrogens with zero attached hydrogens (tertiary/aromatic N) is 1. The summed E-state index contributed by atoms with van der Waals surface area (Å²) in [5.41, 5.74) is 0. The van der Waals surface area contributed by atoms with Crippen molar-refractivity contribution in [3.05, 3.63) is 0 Å². The fourth-order valence-corrected chi connectivity index (χ4v) is 3.02. The summed E-state index contributed by atoms with van der Waals surface area (Å²) in [5, 5.41) is 6.57. The Bertz CT molecular complexity index is 258. The lowest BCUT2D eigenvalue weighted by molar-refractivity contribution is -0.122. The molecule has 0 radical (unpaired) electrons. The van der Waals surface area contributed by atoms with Crippen molar-refractivity contribution >= 4 is 5.91 Å². The third kappa shape index (κ3) is 4.25. The minimum Gasteiger partial charge on any atom is -0.353 e. The summed E-state index contributed by atoms with van der Waals surface area (Å²) in [6.45, 7) is 7.61. The maximum absolute atomic E-state index is 11.9. The van der Waals surface area contributed by atoms with E-state index in [2.05, 4.69) is 22.5 Å². The second kappa shape index (κ2) is 7.10. The van der Waals surface area contributed by atoms with Gasteiger partial charge in [-0.05, 0) is 64.7 Å². The molecular formula is C14H27N3O. The van der Waals surface area contributed by atoms with E-state index >= 15 is 0 Å². The Morgan fingerprint density at radius 2 is 2.17 bits per heavy atom. The standard InChI is InChI=1S/C14H27N3O/c1-12(13-5-4-7-15-11-13)16-14(18)6-10-17-8-2-3-9-17/h12-13,15H,2-11H2,1H3,(H,16,18). The molecule has 2 saturated heterocycles. The SMILES string of the molecule is CC(NC(=O)CCN1CCCC1)C1CCCNC1. The van der Waals surface area contributed by atoms with Gasteiger partial charge in [0.05, 0.1) is 0 Å². The molecule has 2 atom stereocenters. The van der Waals surface area contributed by atoms with Crippen LogP contribution in [0, 0.1) is 5.92 Å². The summed E-state index contributed by atoms with van der Waals surface area (Å²) in [5.74, 6) is 0.828. The molecule has 0 spiro atoms. The van der Waals surface area contributed by atoms with Crippen LogP contribution < -0.4 is 10.6 Å². The van der Waals surface area contributed by atoms with Crippen molar-refractivity contribution in [2.45, 2.75) is 45.1 Å². The molecule has 0 aromatic carbocycles. The van der Waals surface area contributed by atoms with E-state index in [-0.39, 0.29) is 5.91 Å².